The van der Waals surface area contributed by atoms with Crippen LogP contribution in [0, 0.1) is 5.92 Å². The van der Waals surface area contributed by atoms with Gasteiger partial charge in [0.15, 0.2) is 5.60 Å². The summed E-state index contributed by atoms with van der Waals surface area (Å²) in [5, 5.41) is 20.2. The third-order valence-electron chi connectivity index (χ3n) is 4.46. The van der Waals surface area contributed by atoms with Crippen LogP contribution in [-0.4, -0.2) is 46.6 Å². The summed E-state index contributed by atoms with van der Waals surface area (Å²) in [6.45, 7) is 4.35. The van der Waals surface area contributed by atoms with E-state index in [4.69, 9.17) is 9.47 Å². The standard InChI is InChI=1S/C17H24O6/c1-10-5-4-6-11(2)8-14-15(13(7-10)22-12(3)19)17(21,9-18)16(20)23-14/h5,8,13-15,18,21H,4,6-7,9H2,1-3H3/b10-5+,11-8+/t13-,14-,15-,17-/m1/s1. The van der Waals surface area contributed by atoms with Crippen LogP contribution in [0.15, 0.2) is 23.3 Å². The molecule has 1 heterocycles. The van der Waals surface area contributed by atoms with E-state index in [1.165, 1.54) is 6.92 Å². The zero-order valence-corrected chi connectivity index (χ0v) is 13.7. The first kappa shape index (κ1) is 17.7. The Hall–Kier alpha value is -1.66. The molecule has 6 nitrogen and oxygen atoms in total. The number of rotatable bonds is 2. The summed E-state index contributed by atoms with van der Waals surface area (Å²) in [7, 11) is 0. The second kappa shape index (κ2) is 6.84. The molecule has 0 radical (unpaired) electrons. The summed E-state index contributed by atoms with van der Waals surface area (Å²) in [5.41, 5.74) is -0.0482. The van der Waals surface area contributed by atoms with Gasteiger partial charge in [0.25, 0.3) is 0 Å². The van der Waals surface area contributed by atoms with Crippen molar-refractivity contribution in [1.82, 2.24) is 0 Å². The van der Waals surface area contributed by atoms with Gasteiger partial charge in [0.1, 0.15) is 12.2 Å². The van der Waals surface area contributed by atoms with Crippen molar-refractivity contribution < 1.29 is 29.3 Å². The molecule has 2 aliphatic rings. The summed E-state index contributed by atoms with van der Waals surface area (Å²) in [4.78, 5) is 23.6. The van der Waals surface area contributed by atoms with E-state index in [1.807, 2.05) is 13.8 Å². The Kier molecular flexibility index (Phi) is 5.26. The van der Waals surface area contributed by atoms with Crippen LogP contribution in [-0.2, 0) is 19.1 Å². The third-order valence-corrected chi connectivity index (χ3v) is 4.46. The summed E-state index contributed by atoms with van der Waals surface area (Å²) >= 11 is 0. The van der Waals surface area contributed by atoms with Crippen molar-refractivity contribution in [3.63, 3.8) is 0 Å². The van der Waals surface area contributed by atoms with Crippen molar-refractivity contribution >= 4 is 11.9 Å². The SMILES string of the molecule is CC(=O)O[C@@H]1C/C(C)=C/CC/C(C)=C/[C@H]2OC(=O)[C@@](O)(CO)[C@@H]21. The maximum Gasteiger partial charge on any atom is 0.341 e. The van der Waals surface area contributed by atoms with Crippen LogP contribution in [0.2, 0.25) is 0 Å². The lowest BCUT2D eigenvalue weighted by molar-refractivity contribution is -0.166. The molecule has 2 rings (SSSR count). The zero-order valence-electron chi connectivity index (χ0n) is 13.7. The number of esters is 2. The summed E-state index contributed by atoms with van der Waals surface area (Å²) < 4.78 is 10.7. The molecular formula is C17H24O6. The highest BCUT2D eigenvalue weighted by Crippen LogP contribution is 2.39. The minimum atomic E-state index is -2.07. The molecule has 0 unspecified atom stereocenters. The molecule has 1 aliphatic heterocycles. The summed E-state index contributed by atoms with van der Waals surface area (Å²) in [6.07, 6.45) is 4.40. The minimum absolute atomic E-state index is 0.382. The third kappa shape index (κ3) is 3.64. The smallest absolute Gasteiger partial charge is 0.341 e. The van der Waals surface area contributed by atoms with Crippen molar-refractivity contribution in [3.05, 3.63) is 23.3 Å². The molecule has 0 bridgehead atoms. The van der Waals surface area contributed by atoms with E-state index in [9.17, 15) is 19.8 Å². The molecule has 0 aromatic heterocycles. The van der Waals surface area contributed by atoms with E-state index >= 15 is 0 Å². The number of aliphatic hydroxyl groups is 2. The van der Waals surface area contributed by atoms with Crippen molar-refractivity contribution in [1.29, 1.82) is 0 Å². The Morgan fingerprint density at radius 2 is 2.13 bits per heavy atom. The van der Waals surface area contributed by atoms with Gasteiger partial charge in [-0.25, -0.2) is 4.79 Å². The van der Waals surface area contributed by atoms with Crippen molar-refractivity contribution in [3.8, 4) is 0 Å². The summed E-state index contributed by atoms with van der Waals surface area (Å²) in [6, 6.07) is 0. The number of carbonyl (C=O) groups is 2. The fourth-order valence-corrected chi connectivity index (χ4v) is 3.30. The zero-order chi connectivity index (χ0) is 17.2. The average molecular weight is 324 g/mol. The highest BCUT2D eigenvalue weighted by Gasteiger charge is 2.59. The lowest BCUT2D eigenvalue weighted by Gasteiger charge is -2.32. The van der Waals surface area contributed by atoms with Crippen LogP contribution in [0.4, 0.5) is 0 Å². The number of carbonyl (C=O) groups excluding carboxylic acids is 2. The van der Waals surface area contributed by atoms with Crippen LogP contribution >= 0.6 is 0 Å². The van der Waals surface area contributed by atoms with Gasteiger partial charge in [-0.3, -0.25) is 4.79 Å². The molecule has 0 spiro atoms. The first-order chi connectivity index (χ1) is 10.8. The largest absolute Gasteiger partial charge is 0.462 e. The van der Waals surface area contributed by atoms with E-state index in [2.05, 4.69) is 6.08 Å². The summed E-state index contributed by atoms with van der Waals surface area (Å²) in [5.74, 6) is -2.23. The predicted molar refractivity (Wildman–Crippen MR) is 82.3 cm³/mol. The normalized spacial score (nSPS) is 39.3. The number of ether oxygens (including phenoxy) is 2. The van der Waals surface area contributed by atoms with Crippen LogP contribution in [0.1, 0.15) is 40.0 Å². The maximum absolute atomic E-state index is 12.1. The second-order valence-electron chi connectivity index (χ2n) is 6.43. The monoisotopic (exact) mass is 324 g/mol. The average Bonchev–Trinajstić information content (AvgIpc) is 2.69. The number of hydrogen-bond acceptors (Lipinski definition) is 6. The lowest BCUT2D eigenvalue weighted by Crippen LogP contribution is -2.51. The first-order valence-corrected chi connectivity index (χ1v) is 7.82. The van der Waals surface area contributed by atoms with E-state index in [0.29, 0.717) is 6.42 Å². The molecule has 4 atom stereocenters. The van der Waals surface area contributed by atoms with Gasteiger partial charge in [-0.15, -0.1) is 0 Å². The van der Waals surface area contributed by atoms with Gasteiger partial charge < -0.3 is 19.7 Å². The highest BCUT2D eigenvalue weighted by atomic mass is 16.6. The van der Waals surface area contributed by atoms with Gasteiger partial charge in [-0.1, -0.05) is 17.2 Å². The van der Waals surface area contributed by atoms with Crippen molar-refractivity contribution in [2.75, 3.05) is 6.61 Å². The Bertz CT molecular complexity index is 549. The Morgan fingerprint density at radius 3 is 2.74 bits per heavy atom. The van der Waals surface area contributed by atoms with Gasteiger partial charge in [0.2, 0.25) is 0 Å². The van der Waals surface area contributed by atoms with Crippen LogP contribution in [0.25, 0.3) is 0 Å². The molecule has 128 valence electrons. The van der Waals surface area contributed by atoms with Crippen LogP contribution in [0.5, 0.6) is 0 Å². The number of allylic oxidation sites excluding steroid dienone is 2. The topological polar surface area (TPSA) is 93.1 Å². The Balaban J connectivity index is 2.48. The molecule has 23 heavy (non-hydrogen) atoms. The predicted octanol–water partition coefficient (Wildman–Crippen LogP) is 1.26. The molecule has 0 aromatic carbocycles. The van der Waals surface area contributed by atoms with E-state index < -0.39 is 42.3 Å². The molecular weight excluding hydrogens is 300 g/mol. The highest BCUT2D eigenvalue weighted by molar-refractivity contribution is 5.83. The van der Waals surface area contributed by atoms with Gasteiger partial charge >= 0.3 is 11.9 Å². The van der Waals surface area contributed by atoms with Gasteiger partial charge in [-0.2, -0.15) is 0 Å². The van der Waals surface area contributed by atoms with Crippen LogP contribution in [0.3, 0.4) is 0 Å². The van der Waals surface area contributed by atoms with E-state index in [-0.39, 0.29) is 0 Å². The van der Waals surface area contributed by atoms with Crippen molar-refractivity contribution in [2.45, 2.75) is 57.8 Å². The lowest BCUT2D eigenvalue weighted by atomic mass is 9.78. The minimum Gasteiger partial charge on any atom is -0.462 e. The molecule has 1 saturated heterocycles. The molecule has 0 saturated carbocycles. The van der Waals surface area contributed by atoms with Gasteiger partial charge in [0, 0.05) is 13.3 Å². The Morgan fingerprint density at radius 1 is 1.43 bits per heavy atom. The number of fused-ring (bicyclic) bond motifs is 1. The quantitative estimate of drug-likeness (QED) is 0.587. The molecule has 0 amide bonds. The molecule has 0 aromatic rings. The van der Waals surface area contributed by atoms with Crippen LogP contribution < -0.4 is 0 Å². The van der Waals surface area contributed by atoms with E-state index in [0.717, 1.165) is 24.0 Å². The second-order valence-corrected chi connectivity index (χ2v) is 6.43. The molecule has 2 N–H and O–H groups in total. The molecule has 1 fully saturated rings. The Labute approximate surface area is 135 Å². The number of hydrogen-bond donors (Lipinski definition) is 2. The van der Waals surface area contributed by atoms with Crippen molar-refractivity contribution in [2.24, 2.45) is 5.92 Å². The maximum atomic E-state index is 12.1. The van der Waals surface area contributed by atoms with Gasteiger partial charge in [-0.05, 0) is 32.8 Å². The first-order valence-electron chi connectivity index (χ1n) is 7.82. The number of aliphatic hydroxyl groups excluding tert-OH is 1. The van der Waals surface area contributed by atoms with Gasteiger partial charge in [0.05, 0.1) is 12.5 Å². The molecule has 1 aliphatic carbocycles. The van der Waals surface area contributed by atoms with E-state index in [1.54, 1.807) is 6.08 Å². The fourth-order valence-electron chi connectivity index (χ4n) is 3.30. The molecule has 6 heteroatoms. The fraction of sp³-hybridized carbons (Fsp3) is 0.647.